The molecule has 0 unspecified atom stereocenters. The number of hydrogen-bond acceptors (Lipinski definition) is 6. The molecule has 1 aliphatic rings. The molecule has 166 valence electrons. The predicted molar refractivity (Wildman–Crippen MR) is 98.3 cm³/mol. The number of halogens is 3. The number of fused-ring (bicyclic) bond motifs is 1. The van der Waals surface area contributed by atoms with Crippen LogP contribution < -0.4 is 21.0 Å². The molecule has 0 spiro atoms. The van der Waals surface area contributed by atoms with Crippen LogP contribution in [0, 0.1) is 0 Å². The lowest BCUT2D eigenvalue weighted by molar-refractivity contribution is -0.173. The molecule has 0 atom stereocenters. The van der Waals surface area contributed by atoms with Crippen LogP contribution in [0.3, 0.4) is 0 Å². The lowest BCUT2D eigenvalue weighted by atomic mass is 10.2. The normalized spacial score (nSPS) is 14.9. The average molecular weight is 434 g/mol. The number of carbonyl (C=O) groups excluding carboxylic acids is 1. The molecule has 2 rings (SSSR count). The molecule has 0 saturated heterocycles. The van der Waals surface area contributed by atoms with Crippen molar-refractivity contribution in [2.24, 2.45) is 4.99 Å². The van der Waals surface area contributed by atoms with Crippen molar-refractivity contribution in [3.63, 3.8) is 0 Å². The van der Waals surface area contributed by atoms with Gasteiger partial charge in [-0.2, -0.15) is 23.4 Å². The second-order valence-corrected chi connectivity index (χ2v) is 6.16. The molecule has 1 aromatic carbocycles. The number of nitrogens with one attached hydrogen (secondary N) is 2. The van der Waals surface area contributed by atoms with Gasteiger partial charge in [0.1, 0.15) is 11.4 Å². The molecule has 5 N–H and O–H groups in total. The topological polar surface area (TPSA) is 141 Å². The molecule has 0 aromatic heterocycles. The van der Waals surface area contributed by atoms with Crippen LogP contribution in [0.1, 0.15) is 12.8 Å². The van der Waals surface area contributed by atoms with Gasteiger partial charge in [0, 0.05) is 26.2 Å². The summed E-state index contributed by atoms with van der Waals surface area (Å²) >= 11 is 0. The summed E-state index contributed by atoms with van der Waals surface area (Å²) in [6.45, 7) is -0.278. The Morgan fingerprint density at radius 3 is 2.40 bits per heavy atom. The molecule has 11 nitrogen and oxygen atoms in total. The maximum atomic E-state index is 12.1. The molecule has 0 bridgehead atoms. The molecule has 0 radical (unpaired) electrons. The summed E-state index contributed by atoms with van der Waals surface area (Å²) < 4.78 is 36.2. The molecular formula is C16H21F3N6O5. The molecule has 0 saturated carbocycles. The number of carboxylic acid groups (broad SMARTS) is 1. The third-order valence-corrected chi connectivity index (χ3v) is 4.01. The van der Waals surface area contributed by atoms with E-state index in [1.165, 1.54) is 0 Å². The van der Waals surface area contributed by atoms with E-state index in [2.05, 4.69) is 10.4 Å². The number of nitrogens with zero attached hydrogens (tertiary/aromatic N) is 4. The fourth-order valence-electron chi connectivity index (χ4n) is 2.56. The summed E-state index contributed by atoms with van der Waals surface area (Å²) in [7, 11) is 0. The minimum atomic E-state index is -4.98. The number of benzene rings is 1. The highest BCUT2D eigenvalue weighted by Gasteiger charge is 2.38. The van der Waals surface area contributed by atoms with E-state index in [0.29, 0.717) is 10.9 Å². The highest BCUT2D eigenvalue weighted by molar-refractivity contribution is 6.00. The molecule has 1 aliphatic heterocycles. The average Bonchev–Trinajstić information content (AvgIpc) is 2.69. The number of anilines is 2. The number of carbonyl (C=O) groups is 2. The van der Waals surface area contributed by atoms with E-state index in [1.807, 2.05) is 0 Å². The lowest BCUT2D eigenvalue weighted by Crippen LogP contribution is -2.52. The largest absolute Gasteiger partial charge is 0.471 e. The van der Waals surface area contributed by atoms with Gasteiger partial charge in [0.2, 0.25) is 5.96 Å². The Hall–Kier alpha value is -3.26. The molecule has 1 heterocycles. The van der Waals surface area contributed by atoms with E-state index >= 15 is 0 Å². The highest BCUT2D eigenvalue weighted by atomic mass is 19.4. The summed E-state index contributed by atoms with van der Waals surface area (Å²) in [6, 6.07) is 6.43. The van der Waals surface area contributed by atoms with Crippen LogP contribution in [0.2, 0.25) is 0 Å². The van der Waals surface area contributed by atoms with Gasteiger partial charge in [0.25, 0.3) is 0 Å². The van der Waals surface area contributed by atoms with Gasteiger partial charge in [-0.05, 0) is 25.0 Å². The van der Waals surface area contributed by atoms with E-state index in [1.54, 1.807) is 29.6 Å². The first-order chi connectivity index (χ1) is 14.1. The quantitative estimate of drug-likeness (QED) is 0.387. The number of hydrogen-bond donors (Lipinski definition) is 5. The Kier molecular flexibility index (Phi) is 7.66. The number of para-hydroxylation sites is 2. The van der Waals surface area contributed by atoms with Crippen LogP contribution in [0.15, 0.2) is 29.3 Å². The fraction of sp³-hybridized carbons (Fsp3) is 0.438. The third kappa shape index (κ3) is 6.12. The van der Waals surface area contributed by atoms with Gasteiger partial charge in [-0.15, -0.1) is 0 Å². The number of guanidine groups is 1. The number of rotatable bonds is 8. The van der Waals surface area contributed by atoms with Crippen molar-refractivity contribution in [3.8, 4) is 0 Å². The SMILES string of the molecule is O=C(O)N(CCCN=C1NN(O)c2ccccc2N1O)CCCNC(=O)C(F)(F)F. The molecule has 1 aromatic rings. The second kappa shape index (κ2) is 9.98. The Morgan fingerprint density at radius 2 is 1.77 bits per heavy atom. The van der Waals surface area contributed by atoms with Gasteiger partial charge in [-0.25, -0.2) is 15.2 Å². The van der Waals surface area contributed by atoms with Crippen LogP contribution >= 0.6 is 0 Å². The molecule has 2 amide bonds. The highest BCUT2D eigenvalue weighted by Crippen LogP contribution is 2.29. The first kappa shape index (κ1) is 23.0. The first-order valence-corrected chi connectivity index (χ1v) is 8.82. The van der Waals surface area contributed by atoms with Crippen LogP contribution in [-0.2, 0) is 4.79 Å². The van der Waals surface area contributed by atoms with Gasteiger partial charge < -0.3 is 15.3 Å². The number of alkyl halides is 3. The molecule has 0 fully saturated rings. The predicted octanol–water partition coefficient (Wildman–Crippen LogP) is 1.39. The van der Waals surface area contributed by atoms with Crippen molar-refractivity contribution in [2.45, 2.75) is 19.0 Å². The molecular weight excluding hydrogens is 413 g/mol. The molecule has 14 heteroatoms. The van der Waals surface area contributed by atoms with Gasteiger partial charge in [-0.3, -0.25) is 15.2 Å². The van der Waals surface area contributed by atoms with Crippen molar-refractivity contribution < 1.29 is 38.3 Å². The number of hydroxylamine groups is 1. The Morgan fingerprint density at radius 1 is 1.13 bits per heavy atom. The lowest BCUT2D eigenvalue weighted by Gasteiger charge is -2.32. The van der Waals surface area contributed by atoms with Gasteiger partial charge in [-0.1, -0.05) is 12.1 Å². The van der Waals surface area contributed by atoms with E-state index in [4.69, 9.17) is 5.11 Å². The van der Waals surface area contributed by atoms with Crippen molar-refractivity contribution in [1.29, 1.82) is 0 Å². The zero-order valence-corrected chi connectivity index (χ0v) is 15.6. The zero-order chi connectivity index (χ0) is 22.3. The summed E-state index contributed by atoms with van der Waals surface area (Å²) in [4.78, 5) is 27.0. The number of hydrazine groups is 1. The standard InChI is InChI=1S/C16H21F3N6O5/c17-16(18,19)13(26)20-7-3-9-23(15(27)28)10-4-8-21-14-22-25(30)12-6-2-1-5-11(12)24(14)29/h1-2,5-6,29-30H,3-4,7-10H2,(H,20,26)(H,21,22)(H,27,28). The monoisotopic (exact) mass is 434 g/mol. The summed E-state index contributed by atoms with van der Waals surface area (Å²) in [5, 5.41) is 32.3. The summed E-state index contributed by atoms with van der Waals surface area (Å²) in [6.07, 6.45) is -6.00. The van der Waals surface area contributed by atoms with E-state index in [0.717, 1.165) is 9.96 Å². The fourth-order valence-corrected chi connectivity index (χ4v) is 2.56. The minimum absolute atomic E-state index is 0.00483. The van der Waals surface area contributed by atoms with Crippen LogP contribution in [0.5, 0.6) is 0 Å². The van der Waals surface area contributed by atoms with Crippen LogP contribution in [-0.4, -0.2) is 70.7 Å². The van der Waals surface area contributed by atoms with Crippen LogP contribution in [0.4, 0.5) is 29.3 Å². The minimum Gasteiger partial charge on any atom is -0.465 e. The maximum absolute atomic E-state index is 12.1. The number of aliphatic imine (C=N–C) groups is 1. The Balaban J connectivity index is 1.79. The van der Waals surface area contributed by atoms with Crippen LogP contribution in [0.25, 0.3) is 0 Å². The van der Waals surface area contributed by atoms with Gasteiger partial charge in [0.05, 0.1) is 0 Å². The van der Waals surface area contributed by atoms with Crippen molar-refractivity contribution in [3.05, 3.63) is 24.3 Å². The first-order valence-electron chi connectivity index (χ1n) is 8.82. The summed E-state index contributed by atoms with van der Waals surface area (Å²) in [5.41, 5.74) is 3.03. The summed E-state index contributed by atoms with van der Waals surface area (Å²) in [5.74, 6) is -2.15. The van der Waals surface area contributed by atoms with Crippen molar-refractivity contribution >= 4 is 29.3 Å². The maximum Gasteiger partial charge on any atom is 0.471 e. The van der Waals surface area contributed by atoms with E-state index in [-0.39, 0.29) is 50.7 Å². The number of amides is 2. The van der Waals surface area contributed by atoms with Crippen molar-refractivity contribution in [1.82, 2.24) is 15.6 Å². The molecule has 0 aliphatic carbocycles. The van der Waals surface area contributed by atoms with Crippen molar-refractivity contribution in [2.75, 3.05) is 36.4 Å². The van der Waals surface area contributed by atoms with Gasteiger partial charge in [0.15, 0.2) is 0 Å². The van der Waals surface area contributed by atoms with E-state index < -0.39 is 18.2 Å². The smallest absolute Gasteiger partial charge is 0.465 e. The zero-order valence-electron chi connectivity index (χ0n) is 15.6. The van der Waals surface area contributed by atoms with Gasteiger partial charge >= 0.3 is 18.2 Å². The molecule has 30 heavy (non-hydrogen) atoms. The Labute approximate surface area is 168 Å². The third-order valence-electron chi connectivity index (χ3n) is 4.01. The Bertz CT molecular complexity index is 791. The van der Waals surface area contributed by atoms with E-state index in [9.17, 15) is 33.2 Å². The second-order valence-electron chi connectivity index (χ2n) is 6.16.